The van der Waals surface area contributed by atoms with Gasteiger partial charge in [0, 0.05) is 13.1 Å². The fourth-order valence-electron chi connectivity index (χ4n) is 5.33. The highest BCUT2D eigenvalue weighted by Crippen LogP contribution is 2.65. The minimum atomic E-state index is -1.59. The van der Waals surface area contributed by atoms with Gasteiger partial charge < -0.3 is 31.3 Å². The number of carboxylic acids is 1. The van der Waals surface area contributed by atoms with Crippen LogP contribution in [0, 0.1) is 35.0 Å². The third-order valence-electron chi connectivity index (χ3n) is 7.68. The summed E-state index contributed by atoms with van der Waals surface area (Å²) in [5.74, 6) is -2.34. The van der Waals surface area contributed by atoms with Gasteiger partial charge in [-0.2, -0.15) is 0 Å². The van der Waals surface area contributed by atoms with Crippen LogP contribution in [0.4, 0.5) is 4.79 Å². The molecular formula is C28H41N5O7. The molecule has 220 valence electrons. The number of urea groups is 1. The van der Waals surface area contributed by atoms with E-state index in [-0.39, 0.29) is 36.8 Å². The monoisotopic (exact) mass is 559 g/mol. The van der Waals surface area contributed by atoms with Gasteiger partial charge in [-0.1, -0.05) is 60.0 Å². The van der Waals surface area contributed by atoms with Gasteiger partial charge in [-0.3, -0.25) is 19.2 Å². The number of hydrogen-bond acceptors (Lipinski definition) is 6. The molecule has 1 aliphatic heterocycles. The van der Waals surface area contributed by atoms with Gasteiger partial charge in [0.1, 0.15) is 12.1 Å². The van der Waals surface area contributed by atoms with Crippen molar-refractivity contribution in [2.75, 3.05) is 13.1 Å². The zero-order valence-electron chi connectivity index (χ0n) is 24.0. The number of rotatable bonds is 12. The van der Waals surface area contributed by atoms with Gasteiger partial charge in [-0.15, -0.1) is 13.0 Å². The molecule has 2 aliphatic rings. The fraction of sp³-hybridized carbons (Fsp3) is 0.643. The highest BCUT2D eigenvalue weighted by atomic mass is 16.4. The lowest BCUT2D eigenvalue weighted by Crippen LogP contribution is -2.62. The number of terminal acetylenes is 1. The maximum absolute atomic E-state index is 13.9. The van der Waals surface area contributed by atoms with Crippen molar-refractivity contribution in [2.45, 2.75) is 78.6 Å². The Morgan fingerprint density at radius 2 is 1.77 bits per heavy atom. The molecule has 1 aliphatic carbocycles. The molecule has 2 rings (SSSR count). The second-order valence-corrected chi connectivity index (χ2v) is 12.0. The van der Waals surface area contributed by atoms with Gasteiger partial charge in [0.25, 0.3) is 5.91 Å². The van der Waals surface area contributed by atoms with Crippen LogP contribution >= 0.6 is 0 Å². The first kappa shape index (κ1) is 32.3. The molecule has 12 nitrogen and oxygen atoms in total. The standard InChI is InChI=1S/C28H41N5O7/c1-9-12-17(20(34)23(36)29-13-10-2)30-22(35)19-18-15(28(18,7)8)14-33(19)24(37)21(27(4,5)6)32-26(40)31-16(11-3)25(38)39/h3,10,15-19,21H,2,9,12-14H2,1,4-8H3,(H,29,36)(H,30,35)(H,38,39)(H2,31,32,40)/t15-,16-,17?,18-,19-,21+/m0/s1. The van der Waals surface area contributed by atoms with Crippen LogP contribution in [0.2, 0.25) is 0 Å². The van der Waals surface area contributed by atoms with Crippen LogP contribution in [-0.4, -0.2) is 82.8 Å². The van der Waals surface area contributed by atoms with Gasteiger partial charge >= 0.3 is 12.0 Å². The lowest BCUT2D eigenvalue weighted by molar-refractivity contribution is -0.145. The SMILES string of the molecule is C#C[C@H](NC(=O)N[C@H](C(=O)N1C[C@H]2[C@@H]([C@H]1C(=O)NC(CCC)C(=O)C(=O)NCC=C)C2(C)C)C(C)(C)C)C(=O)O. The lowest BCUT2D eigenvalue weighted by atomic mass is 9.85. The summed E-state index contributed by atoms with van der Waals surface area (Å²) in [5, 5.41) is 18.9. The third-order valence-corrected chi connectivity index (χ3v) is 7.68. The molecule has 1 unspecified atom stereocenters. The number of carbonyl (C=O) groups is 6. The van der Waals surface area contributed by atoms with Gasteiger partial charge in [-0.05, 0) is 29.1 Å². The number of amides is 5. The molecule has 1 heterocycles. The van der Waals surface area contributed by atoms with Crippen molar-refractivity contribution < 1.29 is 33.9 Å². The second kappa shape index (κ2) is 12.5. The highest BCUT2D eigenvalue weighted by molar-refractivity contribution is 6.38. The van der Waals surface area contributed by atoms with Crippen LogP contribution in [0.15, 0.2) is 12.7 Å². The largest absolute Gasteiger partial charge is 0.479 e. The van der Waals surface area contributed by atoms with Crippen LogP contribution in [-0.2, 0) is 24.0 Å². The number of piperidine rings is 1. The van der Waals surface area contributed by atoms with E-state index >= 15 is 0 Å². The van der Waals surface area contributed by atoms with Gasteiger partial charge in [0.05, 0.1) is 6.04 Å². The molecule has 12 heteroatoms. The molecule has 0 aromatic carbocycles. The number of Topliss-reactive ketones (excluding diaryl/α,β-unsaturated/α-hetero) is 1. The molecule has 0 aromatic heterocycles. The number of carboxylic acid groups (broad SMARTS) is 1. The van der Waals surface area contributed by atoms with E-state index in [0.29, 0.717) is 6.42 Å². The molecule has 5 amide bonds. The topological polar surface area (TPSA) is 174 Å². The second-order valence-electron chi connectivity index (χ2n) is 12.0. The number of carbonyl (C=O) groups excluding carboxylic acids is 5. The maximum Gasteiger partial charge on any atom is 0.338 e. The number of nitrogens with zero attached hydrogens (tertiary/aromatic N) is 1. The summed E-state index contributed by atoms with van der Waals surface area (Å²) in [6.45, 7) is 14.9. The van der Waals surface area contributed by atoms with E-state index in [2.05, 4.69) is 27.8 Å². The number of aliphatic carboxylic acids is 1. The van der Waals surface area contributed by atoms with Crippen LogP contribution < -0.4 is 21.3 Å². The summed E-state index contributed by atoms with van der Waals surface area (Å²) >= 11 is 0. The molecule has 0 spiro atoms. The molecule has 0 bridgehead atoms. The minimum Gasteiger partial charge on any atom is -0.479 e. The summed E-state index contributed by atoms with van der Waals surface area (Å²) in [4.78, 5) is 77.9. The zero-order chi connectivity index (χ0) is 30.6. The predicted molar refractivity (Wildman–Crippen MR) is 146 cm³/mol. The molecule has 2 fully saturated rings. The fourth-order valence-corrected chi connectivity index (χ4v) is 5.33. The van der Waals surface area contributed by atoms with Gasteiger partial charge in [-0.25, -0.2) is 9.59 Å². The van der Waals surface area contributed by atoms with Crippen LogP contribution in [0.25, 0.3) is 0 Å². The van der Waals surface area contributed by atoms with E-state index in [1.807, 2.05) is 26.7 Å². The lowest BCUT2D eigenvalue weighted by Gasteiger charge is -2.38. The van der Waals surface area contributed by atoms with Crippen molar-refractivity contribution in [2.24, 2.45) is 22.7 Å². The van der Waals surface area contributed by atoms with Gasteiger partial charge in [0.15, 0.2) is 6.04 Å². The molecule has 0 radical (unpaired) electrons. The smallest absolute Gasteiger partial charge is 0.338 e. The molecule has 1 saturated heterocycles. The Kier molecular flexibility index (Phi) is 10.1. The quantitative estimate of drug-likeness (QED) is 0.131. The molecule has 0 aromatic rings. The first-order valence-electron chi connectivity index (χ1n) is 13.3. The first-order chi connectivity index (χ1) is 18.5. The Bertz CT molecular complexity index is 1100. The summed E-state index contributed by atoms with van der Waals surface area (Å²) in [7, 11) is 0. The summed E-state index contributed by atoms with van der Waals surface area (Å²) in [6, 6.07) is -5.66. The number of nitrogens with one attached hydrogen (secondary N) is 4. The molecule has 6 atom stereocenters. The van der Waals surface area contributed by atoms with E-state index in [1.54, 1.807) is 20.8 Å². The molecular weight excluding hydrogens is 518 g/mol. The van der Waals surface area contributed by atoms with E-state index < -0.39 is 65.1 Å². The number of fused-ring (bicyclic) bond motifs is 1. The number of hydrogen-bond donors (Lipinski definition) is 5. The Morgan fingerprint density at radius 3 is 2.27 bits per heavy atom. The van der Waals surface area contributed by atoms with Crippen molar-refractivity contribution in [1.29, 1.82) is 0 Å². The minimum absolute atomic E-state index is 0.0238. The average molecular weight is 560 g/mol. The van der Waals surface area contributed by atoms with Crippen molar-refractivity contribution >= 4 is 35.5 Å². The van der Waals surface area contributed by atoms with E-state index in [0.717, 1.165) is 0 Å². The maximum atomic E-state index is 13.9. The van der Waals surface area contributed by atoms with E-state index in [1.165, 1.54) is 11.0 Å². The number of likely N-dealkylation sites (tertiary alicyclic amines) is 1. The molecule has 40 heavy (non-hydrogen) atoms. The summed E-state index contributed by atoms with van der Waals surface area (Å²) in [6.07, 6.45) is 7.37. The predicted octanol–water partition coefficient (Wildman–Crippen LogP) is 0.426. The van der Waals surface area contributed by atoms with Crippen molar-refractivity contribution in [3.05, 3.63) is 12.7 Å². The highest BCUT2D eigenvalue weighted by Gasteiger charge is 2.69. The summed E-state index contributed by atoms with van der Waals surface area (Å²) < 4.78 is 0. The van der Waals surface area contributed by atoms with E-state index in [9.17, 15) is 28.8 Å². The van der Waals surface area contributed by atoms with E-state index in [4.69, 9.17) is 11.5 Å². The Balaban J connectivity index is 2.31. The third kappa shape index (κ3) is 7.00. The normalized spacial score (nSPS) is 22.8. The first-order valence-corrected chi connectivity index (χ1v) is 13.3. The molecule has 1 saturated carbocycles. The van der Waals surface area contributed by atoms with Crippen molar-refractivity contribution in [1.82, 2.24) is 26.2 Å². The Hall–Kier alpha value is -3.88. The van der Waals surface area contributed by atoms with Crippen LogP contribution in [0.5, 0.6) is 0 Å². The average Bonchev–Trinajstić information content (AvgIpc) is 3.19. The van der Waals surface area contributed by atoms with Crippen molar-refractivity contribution in [3.8, 4) is 12.3 Å². The van der Waals surface area contributed by atoms with Crippen LogP contribution in [0.3, 0.4) is 0 Å². The molecule has 5 N–H and O–H groups in total. The number of ketones is 1. The zero-order valence-corrected chi connectivity index (χ0v) is 24.0. The van der Waals surface area contributed by atoms with Crippen LogP contribution in [0.1, 0.15) is 54.4 Å². The Morgan fingerprint density at radius 1 is 1.15 bits per heavy atom. The Labute approximate surface area is 235 Å². The van der Waals surface area contributed by atoms with Crippen molar-refractivity contribution in [3.63, 3.8) is 0 Å². The summed E-state index contributed by atoms with van der Waals surface area (Å²) in [5.41, 5.74) is -1.05. The van der Waals surface area contributed by atoms with Gasteiger partial charge in [0.2, 0.25) is 17.6 Å².